The predicted molar refractivity (Wildman–Crippen MR) is 53.2 cm³/mol. The van der Waals surface area contributed by atoms with Crippen LogP contribution in [0.15, 0.2) is 29.2 Å². The van der Waals surface area contributed by atoms with Crippen molar-refractivity contribution in [2.24, 2.45) is 0 Å². The second kappa shape index (κ2) is 5.21. The van der Waals surface area contributed by atoms with Gasteiger partial charge in [-0.05, 0) is 12.1 Å². The number of hydrogen-bond acceptors (Lipinski definition) is 2. The van der Waals surface area contributed by atoms with Gasteiger partial charge in [0.25, 0.3) is 0 Å². The first-order valence-corrected chi connectivity index (χ1v) is 5.24. The Labute approximate surface area is 89.7 Å². The van der Waals surface area contributed by atoms with Gasteiger partial charge >= 0.3 is 6.18 Å². The third-order valence-corrected chi connectivity index (χ3v) is 2.68. The van der Waals surface area contributed by atoms with Crippen LogP contribution in [0.2, 0.25) is 0 Å². The number of halogens is 3. The lowest BCUT2D eigenvalue weighted by atomic mass is 10.2. The molecule has 0 aliphatic carbocycles. The lowest BCUT2D eigenvalue weighted by Gasteiger charge is -2.05. The van der Waals surface area contributed by atoms with Gasteiger partial charge in [-0.25, -0.2) is 0 Å². The van der Waals surface area contributed by atoms with Crippen molar-refractivity contribution in [1.29, 1.82) is 0 Å². The van der Waals surface area contributed by atoms with Crippen LogP contribution in [0, 0.1) is 0 Å². The van der Waals surface area contributed by atoms with E-state index >= 15 is 0 Å². The topological polar surface area (TPSA) is 17.1 Å². The van der Waals surface area contributed by atoms with Crippen molar-refractivity contribution >= 4 is 18.0 Å². The van der Waals surface area contributed by atoms with Crippen LogP contribution < -0.4 is 0 Å². The van der Waals surface area contributed by atoms with Crippen molar-refractivity contribution in [3.8, 4) is 0 Å². The molecule has 0 spiro atoms. The fourth-order valence-electron chi connectivity index (χ4n) is 0.927. The molecule has 0 aliphatic rings. The van der Waals surface area contributed by atoms with E-state index in [0.29, 0.717) is 11.8 Å². The van der Waals surface area contributed by atoms with Crippen LogP contribution in [0.1, 0.15) is 16.8 Å². The number of rotatable bonds is 4. The molecule has 15 heavy (non-hydrogen) atoms. The van der Waals surface area contributed by atoms with Gasteiger partial charge in [-0.1, -0.05) is 12.1 Å². The largest absolute Gasteiger partial charge is 0.389 e. The summed E-state index contributed by atoms with van der Waals surface area (Å²) in [5, 5.41) is 0. The average Bonchev–Trinajstić information content (AvgIpc) is 2.17. The van der Waals surface area contributed by atoms with Gasteiger partial charge in [0.15, 0.2) is 0 Å². The van der Waals surface area contributed by atoms with Crippen molar-refractivity contribution < 1.29 is 18.0 Å². The Balaban J connectivity index is 2.41. The highest BCUT2D eigenvalue weighted by Crippen LogP contribution is 2.25. The summed E-state index contributed by atoms with van der Waals surface area (Å²) in [5.74, 6) is 0.00390. The Hall–Kier alpha value is -0.970. The zero-order chi connectivity index (χ0) is 11.3. The van der Waals surface area contributed by atoms with E-state index in [1.54, 1.807) is 24.3 Å². The van der Waals surface area contributed by atoms with E-state index in [2.05, 4.69) is 0 Å². The molecule has 0 heterocycles. The lowest BCUT2D eigenvalue weighted by Crippen LogP contribution is -2.07. The van der Waals surface area contributed by atoms with E-state index in [0.717, 1.165) is 16.7 Å². The van der Waals surface area contributed by atoms with Crippen LogP contribution in [0.25, 0.3) is 0 Å². The first-order chi connectivity index (χ1) is 7.01. The molecule has 0 unspecified atom stereocenters. The lowest BCUT2D eigenvalue weighted by molar-refractivity contribution is -0.129. The maximum Gasteiger partial charge on any atom is 0.389 e. The molecule has 0 fully saturated rings. The summed E-state index contributed by atoms with van der Waals surface area (Å²) in [6.07, 6.45) is -4.20. The van der Waals surface area contributed by atoms with Crippen molar-refractivity contribution in [2.75, 3.05) is 5.75 Å². The number of thioether (sulfide) groups is 1. The Bertz CT molecular complexity index is 318. The molecule has 0 amide bonds. The Morgan fingerprint density at radius 3 is 2.27 bits per heavy atom. The molecule has 0 radical (unpaired) electrons. The first kappa shape index (κ1) is 12.1. The van der Waals surface area contributed by atoms with Crippen LogP contribution >= 0.6 is 11.8 Å². The Kier molecular flexibility index (Phi) is 4.20. The summed E-state index contributed by atoms with van der Waals surface area (Å²) in [5.41, 5.74) is 0.523. The third kappa shape index (κ3) is 4.88. The smallest absolute Gasteiger partial charge is 0.298 e. The molecule has 0 N–H and O–H groups in total. The Morgan fingerprint density at radius 2 is 1.80 bits per heavy atom. The zero-order valence-electron chi connectivity index (χ0n) is 7.75. The van der Waals surface area contributed by atoms with E-state index in [-0.39, 0.29) is 5.75 Å². The average molecular weight is 234 g/mol. The number of hydrogen-bond donors (Lipinski definition) is 0. The van der Waals surface area contributed by atoms with Gasteiger partial charge in [0.05, 0.1) is 6.42 Å². The molecular weight excluding hydrogens is 225 g/mol. The van der Waals surface area contributed by atoms with Crippen LogP contribution in [-0.4, -0.2) is 18.2 Å². The maximum atomic E-state index is 11.8. The highest BCUT2D eigenvalue weighted by Gasteiger charge is 2.26. The van der Waals surface area contributed by atoms with Gasteiger partial charge in [-0.15, -0.1) is 11.8 Å². The summed E-state index contributed by atoms with van der Waals surface area (Å²) in [7, 11) is 0. The molecule has 1 rings (SSSR count). The number of aldehydes is 1. The molecule has 0 atom stereocenters. The molecular formula is C10H9F3OS. The molecule has 0 aliphatic heterocycles. The number of carbonyl (C=O) groups excluding carboxylic acids is 1. The quantitative estimate of drug-likeness (QED) is 0.585. The summed E-state index contributed by atoms with van der Waals surface area (Å²) >= 11 is 1.13. The van der Waals surface area contributed by atoms with Crippen molar-refractivity contribution in [3.63, 3.8) is 0 Å². The first-order valence-electron chi connectivity index (χ1n) is 4.26. The predicted octanol–water partition coefficient (Wildman–Crippen LogP) is 3.54. The van der Waals surface area contributed by atoms with Gasteiger partial charge < -0.3 is 0 Å². The van der Waals surface area contributed by atoms with E-state index in [1.165, 1.54) is 0 Å². The summed E-state index contributed by atoms with van der Waals surface area (Å²) in [6.45, 7) is 0. The number of carbonyl (C=O) groups is 1. The number of alkyl halides is 3. The van der Waals surface area contributed by atoms with E-state index in [9.17, 15) is 18.0 Å². The van der Waals surface area contributed by atoms with Crippen LogP contribution in [0.4, 0.5) is 13.2 Å². The third-order valence-electron chi connectivity index (χ3n) is 1.67. The van der Waals surface area contributed by atoms with Crippen LogP contribution in [-0.2, 0) is 0 Å². The fourth-order valence-corrected chi connectivity index (χ4v) is 1.82. The maximum absolute atomic E-state index is 11.8. The van der Waals surface area contributed by atoms with E-state index in [4.69, 9.17) is 0 Å². The zero-order valence-corrected chi connectivity index (χ0v) is 8.57. The summed E-state index contributed by atoms with van der Waals surface area (Å²) in [6, 6.07) is 6.46. The molecule has 0 aromatic heterocycles. The minimum atomic E-state index is -4.10. The molecule has 0 bridgehead atoms. The van der Waals surface area contributed by atoms with E-state index < -0.39 is 12.6 Å². The van der Waals surface area contributed by atoms with E-state index in [1.807, 2.05) is 0 Å². The minimum Gasteiger partial charge on any atom is -0.298 e. The second-order valence-electron chi connectivity index (χ2n) is 2.90. The minimum absolute atomic E-state index is 0.00390. The van der Waals surface area contributed by atoms with Gasteiger partial charge in [-0.3, -0.25) is 4.79 Å². The van der Waals surface area contributed by atoms with Gasteiger partial charge in [0.1, 0.15) is 6.29 Å². The van der Waals surface area contributed by atoms with Crippen LogP contribution in [0.5, 0.6) is 0 Å². The molecule has 82 valence electrons. The molecule has 1 nitrogen and oxygen atoms in total. The highest BCUT2D eigenvalue weighted by molar-refractivity contribution is 7.99. The van der Waals surface area contributed by atoms with Gasteiger partial charge in [-0.2, -0.15) is 13.2 Å². The summed E-state index contributed by atoms with van der Waals surface area (Å²) < 4.78 is 35.5. The standard InChI is InChI=1S/C10H9F3OS/c11-10(12,13)5-6-15-9-3-1-8(7-14)2-4-9/h1-4,7H,5-6H2. The highest BCUT2D eigenvalue weighted by atomic mass is 32.2. The van der Waals surface area contributed by atoms with Crippen LogP contribution in [0.3, 0.4) is 0 Å². The van der Waals surface area contributed by atoms with Crippen molar-refractivity contribution in [3.05, 3.63) is 29.8 Å². The fraction of sp³-hybridized carbons (Fsp3) is 0.300. The monoisotopic (exact) mass is 234 g/mol. The molecule has 1 aromatic carbocycles. The van der Waals surface area contributed by atoms with Gasteiger partial charge in [0.2, 0.25) is 0 Å². The molecule has 0 saturated carbocycles. The summed E-state index contributed by atoms with van der Waals surface area (Å²) in [4.78, 5) is 11.0. The SMILES string of the molecule is O=Cc1ccc(SCCC(F)(F)F)cc1. The molecule has 1 aromatic rings. The van der Waals surface area contributed by atoms with Crippen molar-refractivity contribution in [1.82, 2.24) is 0 Å². The van der Waals surface area contributed by atoms with Crippen molar-refractivity contribution in [2.45, 2.75) is 17.5 Å². The molecule has 5 heteroatoms. The normalized spacial score (nSPS) is 11.4. The number of benzene rings is 1. The Morgan fingerprint density at radius 1 is 1.20 bits per heavy atom. The molecule has 0 saturated heterocycles. The van der Waals surface area contributed by atoms with Gasteiger partial charge in [0, 0.05) is 16.2 Å². The second-order valence-corrected chi connectivity index (χ2v) is 4.07.